The number of fused-ring (bicyclic) bond motifs is 3. The largest absolute Gasteiger partial charge is 0.489 e. The zero-order valence-corrected chi connectivity index (χ0v) is 16.3. The second kappa shape index (κ2) is 7.64. The van der Waals surface area contributed by atoms with Crippen molar-refractivity contribution in [2.45, 2.75) is 18.9 Å². The molecule has 0 saturated carbocycles. The van der Waals surface area contributed by atoms with Crippen molar-refractivity contribution in [1.29, 1.82) is 0 Å². The molecule has 1 aliphatic heterocycles. The first-order valence-electron chi connectivity index (χ1n) is 9.97. The highest BCUT2D eigenvalue weighted by atomic mass is 19.1. The van der Waals surface area contributed by atoms with Gasteiger partial charge in [0.05, 0.1) is 0 Å². The predicted molar refractivity (Wildman–Crippen MR) is 116 cm³/mol. The van der Waals surface area contributed by atoms with E-state index < -0.39 is 0 Å². The normalized spacial score (nSPS) is 15.5. The fraction of sp³-hybridized carbons (Fsp3) is 0.115. The van der Waals surface area contributed by atoms with Gasteiger partial charge in [-0.05, 0) is 46.2 Å². The van der Waals surface area contributed by atoms with Crippen LogP contribution in [-0.2, 0) is 11.4 Å². The molecule has 0 aromatic heterocycles. The minimum Gasteiger partial charge on any atom is -0.489 e. The van der Waals surface area contributed by atoms with E-state index in [9.17, 15) is 9.18 Å². The summed E-state index contributed by atoms with van der Waals surface area (Å²) in [7, 11) is 0. The van der Waals surface area contributed by atoms with Crippen molar-refractivity contribution >= 4 is 22.4 Å². The molecule has 0 spiro atoms. The van der Waals surface area contributed by atoms with Gasteiger partial charge < -0.3 is 10.1 Å². The summed E-state index contributed by atoms with van der Waals surface area (Å²) in [6.07, 6.45) is 0.399. The SMILES string of the molecule is O=C1CC(c2ccc(OCc3ccccc3F)cc2)c2c(ccc3ccccc23)N1. The lowest BCUT2D eigenvalue weighted by Gasteiger charge is -2.27. The van der Waals surface area contributed by atoms with E-state index in [1.165, 1.54) is 6.07 Å². The molecule has 4 heteroatoms. The van der Waals surface area contributed by atoms with Gasteiger partial charge in [-0.15, -0.1) is 0 Å². The number of halogens is 1. The molecule has 4 aromatic carbocycles. The Morgan fingerprint density at radius 3 is 2.50 bits per heavy atom. The van der Waals surface area contributed by atoms with Crippen LogP contribution in [0.1, 0.15) is 29.0 Å². The van der Waals surface area contributed by atoms with Crippen LogP contribution in [0, 0.1) is 5.82 Å². The zero-order chi connectivity index (χ0) is 20.5. The van der Waals surface area contributed by atoms with Crippen molar-refractivity contribution in [2.24, 2.45) is 0 Å². The van der Waals surface area contributed by atoms with Gasteiger partial charge in [0.1, 0.15) is 18.2 Å². The number of hydrogen-bond donors (Lipinski definition) is 1. The van der Waals surface area contributed by atoms with Crippen LogP contribution in [0.25, 0.3) is 10.8 Å². The number of ether oxygens (including phenoxy) is 1. The van der Waals surface area contributed by atoms with Crippen LogP contribution in [0.3, 0.4) is 0 Å². The molecule has 1 atom stereocenters. The summed E-state index contributed by atoms with van der Waals surface area (Å²) in [5, 5.41) is 5.32. The van der Waals surface area contributed by atoms with Crippen LogP contribution in [0.2, 0.25) is 0 Å². The highest BCUT2D eigenvalue weighted by molar-refractivity contribution is 6.01. The molecule has 148 valence electrons. The molecule has 0 bridgehead atoms. The summed E-state index contributed by atoms with van der Waals surface area (Å²) in [5.41, 5.74) is 3.59. The molecule has 0 aliphatic carbocycles. The second-order valence-electron chi connectivity index (χ2n) is 7.50. The summed E-state index contributed by atoms with van der Waals surface area (Å²) in [4.78, 5) is 12.3. The lowest BCUT2D eigenvalue weighted by molar-refractivity contribution is -0.116. The number of benzene rings is 4. The number of rotatable bonds is 4. The van der Waals surface area contributed by atoms with E-state index in [0.717, 1.165) is 27.6 Å². The van der Waals surface area contributed by atoms with Gasteiger partial charge in [0.15, 0.2) is 0 Å². The summed E-state index contributed by atoms with van der Waals surface area (Å²) >= 11 is 0. The van der Waals surface area contributed by atoms with Crippen molar-refractivity contribution in [1.82, 2.24) is 0 Å². The van der Waals surface area contributed by atoms with Crippen LogP contribution in [-0.4, -0.2) is 5.91 Å². The molecule has 1 unspecified atom stereocenters. The molecule has 4 aromatic rings. The molecule has 1 heterocycles. The van der Waals surface area contributed by atoms with E-state index >= 15 is 0 Å². The number of amides is 1. The lowest BCUT2D eigenvalue weighted by Crippen LogP contribution is -2.23. The third-order valence-electron chi connectivity index (χ3n) is 5.62. The van der Waals surface area contributed by atoms with E-state index in [1.807, 2.05) is 48.5 Å². The summed E-state index contributed by atoms with van der Waals surface area (Å²) in [5.74, 6) is 0.384. The maximum absolute atomic E-state index is 13.8. The Morgan fingerprint density at radius 2 is 1.67 bits per heavy atom. The Kier molecular flexibility index (Phi) is 4.68. The van der Waals surface area contributed by atoms with E-state index in [4.69, 9.17) is 4.74 Å². The second-order valence-corrected chi connectivity index (χ2v) is 7.50. The summed E-state index contributed by atoms with van der Waals surface area (Å²) in [6, 6.07) is 26.6. The molecule has 0 saturated heterocycles. The van der Waals surface area contributed by atoms with Crippen molar-refractivity contribution in [2.75, 3.05) is 5.32 Å². The Hall–Kier alpha value is -3.66. The van der Waals surface area contributed by atoms with Crippen LogP contribution in [0.5, 0.6) is 5.75 Å². The number of anilines is 1. The fourth-order valence-corrected chi connectivity index (χ4v) is 4.13. The van der Waals surface area contributed by atoms with E-state index in [-0.39, 0.29) is 24.2 Å². The van der Waals surface area contributed by atoms with Gasteiger partial charge in [-0.1, -0.05) is 60.7 Å². The molecule has 3 nitrogen and oxygen atoms in total. The number of hydrogen-bond acceptors (Lipinski definition) is 2. The van der Waals surface area contributed by atoms with Crippen molar-refractivity contribution in [3.63, 3.8) is 0 Å². The Morgan fingerprint density at radius 1 is 0.900 bits per heavy atom. The minimum absolute atomic E-state index is 0.0164. The van der Waals surface area contributed by atoms with Crippen LogP contribution in [0.4, 0.5) is 10.1 Å². The number of nitrogens with one attached hydrogen (secondary N) is 1. The molecule has 1 N–H and O–H groups in total. The quantitative estimate of drug-likeness (QED) is 0.456. The van der Waals surface area contributed by atoms with Gasteiger partial charge >= 0.3 is 0 Å². The Bertz CT molecular complexity index is 1230. The Labute approximate surface area is 174 Å². The highest BCUT2D eigenvalue weighted by Gasteiger charge is 2.28. The van der Waals surface area contributed by atoms with Gasteiger partial charge in [0, 0.05) is 23.6 Å². The third kappa shape index (κ3) is 3.41. The molecular formula is C26H20FNO2. The van der Waals surface area contributed by atoms with Gasteiger partial charge in [-0.2, -0.15) is 0 Å². The molecule has 30 heavy (non-hydrogen) atoms. The van der Waals surface area contributed by atoms with E-state index in [1.54, 1.807) is 18.2 Å². The standard InChI is InChI=1S/C26H20FNO2/c27-23-8-4-2-6-19(23)16-30-20-12-9-18(10-13-20)22-15-25(29)28-24-14-11-17-5-1-3-7-21(17)26(22)24/h1-14,22H,15-16H2,(H,28,29). The number of carbonyl (C=O) groups excluding carboxylic acids is 1. The average Bonchev–Trinajstić information content (AvgIpc) is 2.78. The predicted octanol–water partition coefficient (Wildman–Crippen LogP) is 6.03. The fourth-order valence-electron chi connectivity index (χ4n) is 4.13. The Balaban J connectivity index is 1.44. The van der Waals surface area contributed by atoms with Crippen LogP contribution in [0.15, 0.2) is 84.9 Å². The molecule has 0 fully saturated rings. The van der Waals surface area contributed by atoms with Crippen LogP contribution < -0.4 is 10.1 Å². The van der Waals surface area contributed by atoms with Crippen molar-refractivity contribution in [3.05, 3.63) is 107 Å². The number of carbonyl (C=O) groups is 1. The molecule has 0 radical (unpaired) electrons. The van der Waals surface area contributed by atoms with Gasteiger partial charge in [-0.25, -0.2) is 4.39 Å². The highest BCUT2D eigenvalue weighted by Crippen LogP contribution is 2.41. The monoisotopic (exact) mass is 397 g/mol. The molecule has 1 amide bonds. The molecule has 5 rings (SSSR count). The van der Waals surface area contributed by atoms with E-state index in [2.05, 4.69) is 17.4 Å². The van der Waals surface area contributed by atoms with Crippen molar-refractivity contribution < 1.29 is 13.9 Å². The maximum Gasteiger partial charge on any atom is 0.225 e. The minimum atomic E-state index is -0.272. The molecule has 1 aliphatic rings. The van der Waals surface area contributed by atoms with Crippen LogP contribution >= 0.6 is 0 Å². The first kappa shape index (κ1) is 18.4. The third-order valence-corrected chi connectivity index (χ3v) is 5.62. The first-order valence-corrected chi connectivity index (χ1v) is 9.97. The van der Waals surface area contributed by atoms with Gasteiger partial charge in [0.25, 0.3) is 0 Å². The maximum atomic E-state index is 13.8. The topological polar surface area (TPSA) is 38.3 Å². The average molecular weight is 397 g/mol. The summed E-state index contributed by atoms with van der Waals surface area (Å²) < 4.78 is 19.5. The zero-order valence-electron chi connectivity index (χ0n) is 16.3. The molecular weight excluding hydrogens is 377 g/mol. The van der Waals surface area contributed by atoms with Gasteiger partial charge in [-0.3, -0.25) is 4.79 Å². The van der Waals surface area contributed by atoms with Crippen molar-refractivity contribution in [3.8, 4) is 5.75 Å². The summed E-state index contributed by atoms with van der Waals surface area (Å²) in [6.45, 7) is 0.172. The smallest absolute Gasteiger partial charge is 0.225 e. The lowest BCUT2D eigenvalue weighted by atomic mass is 9.82. The van der Waals surface area contributed by atoms with Gasteiger partial charge in [0.2, 0.25) is 5.91 Å². The van der Waals surface area contributed by atoms with E-state index in [0.29, 0.717) is 17.7 Å². The first-order chi connectivity index (χ1) is 14.7.